The fourth-order valence-corrected chi connectivity index (χ4v) is 4.33. The van der Waals surface area contributed by atoms with Gasteiger partial charge in [-0.1, -0.05) is 20.3 Å². The number of anilines is 1. The number of aliphatic hydroxyl groups excluding tert-OH is 2. The number of amides is 1. The van der Waals surface area contributed by atoms with Gasteiger partial charge in [0.1, 0.15) is 23.8 Å². The molecule has 0 radical (unpaired) electrons. The van der Waals surface area contributed by atoms with Crippen molar-refractivity contribution < 1.29 is 32.3 Å². The maximum Gasteiger partial charge on any atom is 0.362 e. The van der Waals surface area contributed by atoms with Crippen LogP contribution >= 0.6 is 22.6 Å². The molecule has 1 fully saturated rings. The van der Waals surface area contributed by atoms with Gasteiger partial charge in [-0.25, -0.2) is 19.7 Å². The van der Waals surface area contributed by atoms with Crippen LogP contribution < -0.4 is 16.2 Å². The number of rotatable bonds is 8. The van der Waals surface area contributed by atoms with Crippen LogP contribution in [0.5, 0.6) is 0 Å². The van der Waals surface area contributed by atoms with E-state index in [0.29, 0.717) is 10.3 Å². The van der Waals surface area contributed by atoms with Gasteiger partial charge in [-0.2, -0.15) is 8.42 Å². The molecule has 7 N–H and O–H groups in total. The number of carbonyl (C=O) groups excluding carboxylic acids is 1. The highest BCUT2D eigenvalue weighted by atomic mass is 127. The lowest BCUT2D eigenvalue weighted by Gasteiger charge is -2.18. The van der Waals surface area contributed by atoms with Crippen molar-refractivity contribution in [2.45, 2.75) is 50.8 Å². The summed E-state index contributed by atoms with van der Waals surface area (Å²) >= 11 is 1.86. The van der Waals surface area contributed by atoms with Crippen LogP contribution in [0.25, 0.3) is 11.2 Å². The number of aromatic nitrogens is 4. The van der Waals surface area contributed by atoms with Crippen LogP contribution in [0.15, 0.2) is 6.33 Å². The Bertz CT molecular complexity index is 1100. The third-order valence-corrected chi connectivity index (χ3v) is 6.59. The standard InChI is InChI=1S/C16H24IN7O7S/c1-3-6(2)8(18)14(27)23-32(28,29)30-4-7-10(25)11(26)15(31-7)24-5-20-9-12(19)21-16(17)22-13(9)24/h5-8,10-11,15,25-26H,3-4,18H2,1-2H3,(H,23,27)(H2,19,21,22)/t6-,7+,8-,10+,11+,15+/m0/s1. The van der Waals surface area contributed by atoms with E-state index in [9.17, 15) is 23.4 Å². The molecule has 0 aliphatic carbocycles. The van der Waals surface area contributed by atoms with Gasteiger partial charge >= 0.3 is 10.3 Å². The molecule has 1 saturated heterocycles. The fourth-order valence-electron chi connectivity index (χ4n) is 3.08. The molecule has 6 atom stereocenters. The van der Waals surface area contributed by atoms with Crippen molar-refractivity contribution in [1.29, 1.82) is 0 Å². The number of aliphatic hydroxyl groups is 2. The molecule has 0 bridgehead atoms. The Labute approximate surface area is 197 Å². The minimum absolute atomic E-state index is 0.128. The van der Waals surface area contributed by atoms with Crippen LogP contribution in [0.2, 0.25) is 0 Å². The summed E-state index contributed by atoms with van der Waals surface area (Å²) in [5.41, 5.74) is 12.1. The Morgan fingerprint density at radius 3 is 2.75 bits per heavy atom. The number of hydrogen-bond donors (Lipinski definition) is 5. The smallest absolute Gasteiger partial charge is 0.362 e. The second-order valence-corrected chi connectivity index (χ2v) is 9.68. The van der Waals surface area contributed by atoms with Gasteiger partial charge in [-0.05, 0) is 5.92 Å². The van der Waals surface area contributed by atoms with Gasteiger partial charge in [-0.3, -0.25) is 13.5 Å². The molecule has 32 heavy (non-hydrogen) atoms. The summed E-state index contributed by atoms with van der Waals surface area (Å²) < 4.78 is 38.0. The highest BCUT2D eigenvalue weighted by Gasteiger charge is 2.45. The first-order chi connectivity index (χ1) is 14.9. The highest BCUT2D eigenvalue weighted by molar-refractivity contribution is 14.1. The van der Waals surface area contributed by atoms with Crippen molar-refractivity contribution in [1.82, 2.24) is 24.2 Å². The van der Waals surface area contributed by atoms with Gasteiger partial charge < -0.3 is 26.4 Å². The van der Waals surface area contributed by atoms with Gasteiger partial charge in [0, 0.05) is 22.6 Å². The van der Waals surface area contributed by atoms with Crippen LogP contribution in [0.3, 0.4) is 0 Å². The molecule has 16 heteroatoms. The number of nitrogens with zero attached hydrogens (tertiary/aromatic N) is 4. The van der Waals surface area contributed by atoms with E-state index in [-0.39, 0.29) is 22.9 Å². The van der Waals surface area contributed by atoms with Gasteiger partial charge in [-0.15, -0.1) is 0 Å². The molecule has 0 spiro atoms. The lowest BCUT2D eigenvalue weighted by Crippen LogP contribution is -2.47. The topological polar surface area (TPSA) is 218 Å². The van der Waals surface area contributed by atoms with E-state index in [4.69, 9.17) is 20.4 Å². The van der Waals surface area contributed by atoms with Crippen LogP contribution in [-0.2, 0) is 24.0 Å². The summed E-state index contributed by atoms with van der Waals surface area (Å²) in [7, 11) is -4.52. The maximum absolute atomic E-state index is 12.1. The Morgan fingerprint density at radius 2 is 2.09 bits per heavy atom. The molecular formula is C16H24IN7O7S. The van der Waals surface area contributed by atoms with Gasteiger partial charge in [0.15, 0.2) is 21.5 Å². The molecule has 14 nitrogen and oxygen atoms in total. The Morgan fingerprint density at radius 1 is 1.41 bits per heavy atom. The molecule has 2 aromatic heterocycles. The number of nitrogens with one attached hydrogen (secondary N) is 1. The molecule has 1 aliphatic heterocycles. The number of imidazole rings is 1. The van der Waals surface area contributed by atoms with E-state index < -0.39 is 53.4 Å². The summed E-state index contributed by atoms with van der Waals surface area (Å²) in [5.74, 6) is -1.03. The van der Waals surface area contributed by atoms with E-state index in [1.54, 1.807) is 11.6 Å². The first kappa shape index (κ1) is 24.9. The number of ether oxygens (including phenoxy) is 1. The maximum atomic E-state index is 12.1. The SMILES string of the molecule is CC[C@H](C)[C@H](N)C(=O)NS(=O)(=O)OC[C@H]1O[C@@H](n2cnc3c(N)nc(I)nc32)[C@H](O)[C@@H]1O. The summed E-state index contributed by atoms with van der Waals surface area (Å²) in [6.45, 7) is 2.85. The second kappa shape index (κ2) is 9.65. The number of hydrogen-bond acceptors (Lipinski definition) is 12. The number of nitrogen functional groups attached to an aromatic ring is 1. The summed E-state index contributed by atoms with van der Waals surface area (Å²) in [6, 6.07) is -1.04. The first-order valence-corrected chi connectivity index (χ1v) is 12.1. The number of fused-ring (bicyclic) bond motifs is 1. The van der Waals surface area contributed by atoms with Crippen LogP contribution in [0.4, 0.5) is 5.82 Å². The average molecular weight is 585 g/mol. The third kappa shape index (κ3) is 5.10. The average Bonchev–Trinajstić information content (AvgIpc) is 3.26. The molecule has 1 aliphatic rings. The van der Waals surface area contributed by atoms with E-state index in [1.165, 1.54) is 10.9 Å². The van der Waals surface area contributed by atoms with Gasteiger partial charge in [0.25, 0.3) is 5.91 Å². The molecule has 1 amide bonds. The van der Waals surface area contributed by atoms with E-state index in [0.717, 1.165) is 0 Å². The van der Waals surface area contributed by atoms with Crippen molar-refractivity contribution in [2.75, 3.05) is 12.3 Å². The minimum atomic E-state index is -4.52. The quantitative estimate of drug-likeness (QED) is 0.175. The summed E-state index contributed by atoms with van der Waals surface area (Å²) in [5, 5.41) is 20.8. The summed E-state index contributed by atoms with van der Waals surface area (Å²) in [4.78, 5) is 24.3. The second-order valence-electron chi connectivity index (χ2n) is 7.36. The lowest BCUT2D eigenvalue weighted by molar-refractivity contribution is -0.121. The Kier molecular flexibility index (Phi) is 7.52. The van der Waals surface area contributed by atoms with Crippen molar-refractivity contribution in [2.24, 2.45) is 11.7 Å². The zero-order valence-corrected chi connectivity index (χ0v) is 20.1. The van der Waals surface area contributed by atoms with E-state index >= 15 is 0 Å². The first-order valence-electron chi connectivity index (χ1n) is 9.58. The van der Waals surface area contributed by atoms with E-state index in [2.05, 4.69) is 15.0 Å². The van der Waals surface area contributed by atoms with Crippen LogP contribution in [0, 0.1) is 9.75 Å². The third-order valence-electron chi connectivity index (χ3n) is 5.21. The summed E-state index contributed by atoms with van der Waals surface area (Å²) in [6.07, 6.45) is -3.45. The molecule has 0 unspecified atom stereocenters. The highest BCUT2D eigenvalue weighted by Crippen LogP contribution is 2.32. The number of carbonyl (C=O) groups is 1. The van der Waals surface area contributed by atoms with Crippen LogP contribution in [-0.4, -0.2) is 75.0 Å². The van der Waals surface area contributed by atoms with Gasteiger partial charge in [0.05, 0.1) is 19.0 Å². The van der Waals surface area contributed by atoms with Crippen molar-refractivity contribution in [3.63, 3.8) is 0 Å². The molecule has 178 valence electrons. The van der Waals surface area contributed by atoms with Crippen molar-refractivity contribution >= 4 is 55.8 Å². The number of nitrogens with two attached hydrogens (primary N) is 2. The Balaban J connectivity index is 1.69. The normalized spacial score (nSPS) is 25.7. The number of halogens is 1. The molecule has 2 aromatic rings. The fraction of sp³-hybridized carbons (Fsp3) is 0.625. The van der Waals surface area contributed by atoms with E-state index in [1.807, 2.05) is 29.5 Å². The zero-order valence-electron chi connectivity index (χ0n) is 17.1. The molecule has 3 rings (SSSR count). The molecule has 3 heterocycles. The predicted molar refractivity (Wildman–Crippen MR) is 119 cm³/mol. The minimum Gasteiger partial charge on any atom is -0.387 e. The monoisotopic (exact) mass is 585 g/mol. The van der Waals surface area contributed by atoms with Crippen molar-refractivity contribution in [3.8, 4) is 0 Å². The zero-order chi connectivity index (χ0) is 23.8. The van der Waals surface area contributed by atoms with Crippen LogP contribution in [0.1, 0.15) is 26.5 Å². The lowest BCUT2D eigenvalue weighted by atomic mass is 10.00. The predicted octanol–water partition coefficient (Wildman–Crippen LogP) is -1.62. The largest absolute Gasteiger partial charge is 0.387 e. The molecular weight excluding hydrogens is 561 g/mol. The molecule has 0 aromatic carbocycles. The Hall–Kier alpha value is -1.70. The van der Waals surface area contributed by atoms with Crippen molar-refractivity contribution in [3.05, 3.63) is 10.2 Å². The molecule has 0 saturated carbocycles. The van der Waals surface area contributed by atoms with Gasteiger partial charge in [0.2, 0.25) is 0 Å².